The minimum atomic E-state index is -3.06. The lowest BCUT2D eigenvalue weighted by Gasteiger charge is -2.20. The van der Waals surface area contributed by atoms with Gasteiger partial charge in [-0.2, -0.15) is 0 Å². The van der Waals surface area contributed by atoms with E-state index in [0.717, 1.165) is 7.11 Å². The fourth-order valence-corrected chi connectivity index (χ4v) is 0.887. The van der Waals surface area contributed by atoms with E-state index in [4.69, 9.17) is 5.73 Å². The molecule has 0 saturated carbocycles. The van der Waals surface area contributed by atoms with Crippen molar-refractivity contribution in [3.05, 3.63) is 0 Å². The van der Waals surface area contributed by atoms with Gasteiger partial charge in [-0.1, -0.05) is 0 Å². The molecule has 0 aromatic heterocycles. The molecule has 72 valence electrons. The molecule has 0 aliphatic heterocycles. The number of alkyl halides is 2. The summed E-state index contributed by atoms with van der Waals surface area (Å²) in [5.74, 6) is -5.40. The van der Waals surface area contributed by atoms with Crippen molar-refractivity contribution in [1.29, 1.82) is 0 Å². The van der Waals surface area contributed by atoms with Gasteiger partial charge in [-0.25, -0.2) is 8.78 Å². The molecule has 0 heterocycles. The predicted molar refractivity (Wildman–Crippen MR) is 39.8 cm³/mol. The van der Waals surface area contributed by atoms with Crippen molar-refractivity contribution in [2.75, 3.05) is 13.7 Å². The van der Waals surface area contributed by atoms with Gasteiger partial charge in [0.1, 0.15) is 5.92 Å². The molecular weight excluding hydrogens is 168 g/mol. The summed E-state index contributed by atoms with van der Waals surface area (Å²) >= 11 is 0. The van der Waals surface area contributed by atoms with Gasteiger partial charge in [-0.15, -0.1) is 0 Å². The van der Waals surface area contributed by atoms with Crippen molar-refractivity contribution in [3.8, 4) is 0 Å². The Morgan fingerprint density at radius 2 is 2.17 bits per heavy atom. The van der Waals surface area contributed by atoms with E-state index in [1.54, 1.807) is 0 Å². The second kappa shape index (κ2) is 4.35. The second-order valence-corrected chi connectivity index (χ2v) is 2.61. The molecule has 0 aromatic rings. The SMILES string of the molecule is COC(=O)C(CCN)C(C)(F)F. The molecule has 0 fully saturated rings. The van der Waals surface area contributed by atoms with E-state index < -0.39 is 17.8 Å². The molecule has 0 aliphatic carbocycles. The summed E-state index contributed by atoms with van der Waals surface area (Å²) in [4.78, 5) is 10.8. The van der Waals surface area contributed by atoms with Crippen LogP contribution in [-0.4, -0.2) is 25.5 Å². The number of ether oxygens (including phenoxy) is 1. The van der Waals surface area contributed by atoms with E-state index in [0.29, 0.717) is 6.92 Å². The average molecular weight is 181 g/mol. The molecule has 0 aromatic carbocycles. The highest BCUT2D eigenvalue weighted by Gasteiger charge is 2.39. The summed E-state index contributed by atoms with van der Waals surface area (Å²) < 4.78 is 29.5. The Kier molecular flexibility index (Phi) is 4.09. The average Bonchev–Trinajstić information content (AvgIpc) is 1.96. The normalized spacial score (nSPS) is 14.1. The van der Waals surface area contributed by atoms with Crippen molar-refractivity contribution >= 4 is 5.97 Å². The lowest BCUT2D eigenvalue weighted by Crippen LogP contribution is -2.34. The maximum atomic E-state index is 12.7. The molecule has 0 bridgehead atoms. The zero-order valence-electron chi connectivity index (χ0n) is 7.14. The number of halogens is 2. The monoisotopic (exact) mass is 181 g/mol. The highest BCUT2D eigenvalue weighted by atomic mass is 19.3. The maximum absolute atomic E-state index is 12.7. The van der Waals surface area contributed by atoms with Crippen molar-refractivity contribution in [2.24, 2.45) is 11.7 Å². The molecule has 12 heavy (non-hydrogen) atoms. The summed E-state index contributed by atoms with van der Waals surface area (Å²) in [7, 11) is 1.08. The fourth-order valence-electron chi connectivity index (χ4n) is 0.887. The fraction of sp³-hybridized carbons (Fsp3) is 0.857. The van der Waals surface area contributed by atoms with Gasteiger partial charge in [0.2, 0.25) is 0 Å². The summed E-state index contributed by atoms with van der Waals surface area (Å²) in [6, 6.07) is 0. The number of esters is 1. The Hall–Kier alpha value is -0.710. The van der Waals surface area contributed by atoms with Gasteiger partial charge in [-0.05, 0) is 13.0 Å². The van der Waals surface area contributed by atoms with Gasteiger partial charge in [0, 0.05) is 6.92 Å². The van der Waals surface area contributed by atoms with E-state index >= 15 is 0 Å². The number of methoxy groups -OCH3 is 1. The minimum Gasteiger partial charge on any atom is -0.469 e. The van der Waals surface area contributed by atoms with E-state index in [2.05, 4.69) is 4.74 Å². The molecule has 0 spiro atoms. The molecule has 0 aliphatic rings. The molecule has 3 nitrogen and oxygen atoms in total. The Bertz CT molecular complexity index is 156. The predicted octanol–water partition coefficient (Wildman–Crippen LogP) is 0.780. The number of carbonyl (C=O) groups is 1. The summed E-state index contributed by atoms with van der Waals surface area (Å²) in [5, 5.41) is 0. The van der Waals surface area contributed by atoms with E-state index in [1.807, 2.05) is 0 Å². The van der Waals surface area contributed by atoms with Crippen LogP contribution in [0, 0.1) is 5.92 Å². The standard InChI is InChI=1S/C7H13F2NO2/c1-7(8,9)5(3-4-10)6(11)12-2/h5H,3-4,10H2,1-2H3. The first kappa shape index (κ1) is 11.3. The Balaban J connectivity index is 4.33. The van der Waals surface area contributed by atoms with Crippen LogP contribution in [0.4, 0.5) is 8.78 Å². The molecular formula is C7H13F2NO2. The van der Waals surface area contributed by atoms with Gasteiger partial charge >= 0.3 is 5.97 Å². The molecule has 0 amide bonds. The number of rotatable bonds is 4. The first-order chi connectivity index (χ1) is 5.43. The number of hydrogen-bond acceptors (Lipinski definition) is 3. The Morgan fingerprint density at radius 3 is 2.42 bits per heavy atom. The number of carbonyl (C=O) groups excluding carboxylic acids is 1. The van der Waals surface area contributed by atoms with Gasteiger partial charge in [0.25, 0.3) is 5.92 Å². The van der Waals surface area contributed by atoms with Crippen molar-refractivity contribution in [2.45, 2.75) is 19.3 Å². The molecule has 1 unspecified atom stereocenters. The van der Waals surface area contributed by atoms with Gasteiger partial charge in [0.15, 0.2) is 0 Å². The smallest absolute Gasteiger partial charge is 0.314 e. The lowest BCUT2D eigenvalue weighted by atomic mass is 9.99. The van der Waals surface area contributed by atoms with Crippen LogP contribution in [0.25, 0.3) is 0 Å². The van der Waals surface area contributed by atoms with Crippen LogP contribution in [0.1, 0.15) is 13.3 Å². The molecule has 5 heteroatoms. The third-order valence-electron chi connectivity index (χ3n) is 1.55. The first-order valence-corrected chi connectivity index (χ1v) is 3.59. The van der Waals surface area contributed by atoms with E-state index in [9.17, 15) is 13.6 Å². The minimum absolute atomic E-state index is 0.0448. The van der Waals surface area contributed by atoms with Crippen molar-refractivity contribution in [1.82, 2.24) is 0 Å². The van der Waals surface area contributed by atoms with Crippen LogP contribution in [0.5, 0.6) is 0 Å². The summed E-state index contributed by atoms with van der Waals surface area (Å²) in [5.41, 5.74) is 5.08. The maximum Gasteiger partial charge on any atom is 0.314 e. The van der Waals surface area contributed by atoms with Crippen LogP contribution < -0.4 is 5.73 Å². The topological polar surface area (TPSA) is 52.3 Å². The Morgan fingerprint density at radius 1 is 1.67 bits per heavy atom. The van der Waals surface area contributed by atoms with Crippen LogP contribution in [0.15, 0.2) is 0 Å². The second-order valence-electron chi connectivity index (χ2n) is 2.61. The van der Waals surface area contributed by atoms with Crippen LogP contribution in [0.3, 0.4) is 0 Å². The molecule has 0 saturated heterocycles. The third kappa shape index (κ3) is 3.13. The van der Waals surface area contributed by atoms with Crippen LogP contribution in [-0.2, 0) is 9.53 Å². The summed E-state index contributed by atoms with van der Waals surface area (Å²) in [6.45, 7) is 0.730. The lowest BCUT2D eigenvalue weighted by molar-refractivity contribution is -0.158. The number of hydrogen-bond donors (Lipinski definition) is 1. The Labute approximate surface area is 69.9 Å². The highest BCUT2D eigenvalue weighted by Crippen LogP contribution is 2.27. The molecule has 1 atom stereocenters. The molecule has 2 N–H and O–H groups in total. The van der Waals surface area contributed by atoms with Gasteiger partial charge in [-0.3, -0.25) is 4.79 Å². The van der Waals surface area contributed by atoms with E-state index in [-0.39, 0.29) is 13.0 Å². The first-order valence-electron chi connectivity index (χ1n) is 3.59. The molecule has 0 rings (SSSR count). The quantitative estimate of drug-likeness (QED) is 0.652. The zero-order valence-corrected chi connectivity index (χ0v) is 7.14. The van der Waals surface area contributed by atoms with Gasteiger partial charge < -0.3 is 10.5 Å². The van der Waals surface area contributed by atoms with Crippen LogP contribution in [0.2, 0.25) is 0 Å². The van der Waals surface area contributed by atoms with Crippen LogP contribution >= 0.6 is 0 Å². The summed E-state index contributed by atoms with van der Waals surface area (Å²) in [6.07, 6.45) is -0.0594. The highest BCUT2D eigenvalue weighted by molar-refractivity contribution is 5.73. The van der Waals surface area contributed by atoms with Gasteiger partial charge in [0.05, 0.1) is 7.11 Å². The molecule has 0 radical (unpaired) electrons. The van der Waals surface area contributed by atoms with Crippen molar-refractivity contribution < 1.29 is 18.3 Å². The van der Waals surface area contributed by atoms with Crippen molar-refractivity contribution in [3.63, 3.8) is 0 Å². The third-order valence-corrected chi connectivity index (χ3v) is 1.55. The zero-order chi connectivity index (χ0) is 9.78. The largest absolute Gasteiger partial charge is 0.469 e. The number of nitrogens with two attached hydrogens (primary N) is 1. The van der Waals surface area contributed by atoms with E-state index in [1.165, 1.54) is 0 Å².